The molecule has 0 fully saturated rings. The maximum Gasteiger partial charge on any atom is 0.338 e. The van der Waals surface area contributed by atoms with Gasteiger partial charge in [-0.3, -0.25) is 14.9 Å². The number of nitro benzene ring substituents is 1. The second-order valence-electron chi connectivity index (χ2n) is 7.50. The van der Waals surface area contributed by atoms with Crippen molar-refractivity contribution in [3.05, 3.63) is 86.5 Å². The monoisotopic (exact) mass is 482 g/mol. The van der Waals surface area contributed by atoms with Gasteiger partial charge in [-0.05, 0) is 37.0 Å². The number of nitrogens with one attached hydrogen (secondary N) is 1. The van der Waals surface area contributed by atoms with Crippen LogP contribution in [-0.4, -0.2) is 33.5 Å². The van der Waals surface area contributed by atoms with Crippen molar-refractivity contribution in [1.29, 1.82) is 0 Å². The van der Waals surface area contributed by atoms with E-state index in [-0.39, 0.29) is 36.7 Å². The highest BCUT2D eigenvalue weighted by Gasteiger charge is 2.41. The zero-order valence-electron chi connectivity index (χ0n) is 18.5. The fraction of sp³-hybridized carbons (Fsp3) is 0.261. The molecule has 0 radical (unpaired) electrons. The minimum Gasteiger partial charge on any atom is -0.467 e. The van der Waals surface area contributed by atoms with Gasteiger partial charge in [0, 0.05) is 17.8 Å². The van der Waals surface area contributed by atoms with Crippen LogP contribution in [0.5, 0.6) is 0 Å². The van der Waals surface area contributed by atoms with Crippen LogP contribution in [0.1, 0.15) is 37.6 Å². The number of nitrogens with zero attached hydrogens (tertiary/aromatic N) is 3. The number of carbonyl (C=O) groups excluding carboxylic acids is 2. The molecule has 1 aromatic heterocycles. The number of benzene rings is 1. The fourth-order valence-corrected chi connectivity index (χ4v) is 4.75. The van der Waals surface area contributed by atoms with Crippen molar-refractivity contribution in [2.75, 3.05) is 6.61 Å². The highest BCUT2D eigenvalue weighted by atomic mass is 32.2. The Kier molecular flexibility index (Phi) is 6.82. The third kappa shape index (κ3) is 4.74. The normalized spacial score (nSPS) is 17.1. The molecule has 0 saturated heterocycles. The first-order valence-corrected chi connectivity index (χ1v) is 11.4. The van der Waals surface area contributed by atoms with Crippen molar-refractivity contribution >= 4 is 34.5 Å². The molecule has 3 heterocycles. The van der Waals surface area contributed by atoms with Gasteiger partial charge in [-0.25, -0.2) is 9.79 Å². The van der Waals surface area contributed by atoms with Crippen molar-refractivity contribution in [3.63, 3.8) is 0 Å². The maximum absolute atomic E-state index is 12.9. The molecule has 11 heteroatoms. The number of ether oxygens (including phenoxy) is 1. The predicted molar refractivity (Wildman–Crippen MR) is 125 cm³/mol. The summed E-state index contributed by atoms with van der Waals surface area (Å²) in [5.74, 6) is -0.176. The number of hydrogen-bond acceptors (Lipinski definition) is 9. The summed E-state index contributed by atoms with van der Waals surface area (Å²) in [6, 6.07) is 8.87. The first-order valence-electron chi connectivity index (χ1n) is 10.5. The van der Waals surface area contributed by atoms with Gasteiger partial charge in [0.25, 0.3) is 5.69 Å². The van der Waals surface area contributed by atoms with Gasteiger partial charge in [0.2, 0.25) is 5.91 Å². The summed E-state index contributed by atoms with van der Waals surface area (Å²) in [6.45, 7) is 3.82. The van der Waals surface area contributed by atoms with Crippen LogP contribution in [0.2, 0.25) is 0 Å². The smallest absolute Gasteiger partial charge is 0.338 e. The lowest BCUT2D eigenvalue weighted by atomic mass is 9.93. The highest BCUT2D eigenvalue weighted by Crippen LogP contribution is 2.45. The number of amides is 1. The molecule has 176 valence electrons. The van der Waals surface area contributed by atoms with Gasteiger partial charge in [0.05, 0.1) is 48.1 Å². The van der Waals surface area contributed by atoms with Gasteiger partial charge in [-0.15, -0.1) is 0 Å². The minimum atomic E-state index is -0.731. The molecule has 2 aliphatic rings. The van der Waals surface area contributed by atoms with Gasteiger partial charge in [-0.1, -0.05) is 23.9 Å². The van der Waals surface area contributed by atoms with Crippen LogP contribution in [0.15, 0.2) is 74.4 Å². The summed E-state index contributed by atoms with van der Waals surface area (Å²) in [6.07, 6.45) is 1.55. The average molecular weight is 483 g/mol. The lowest BCUT2D eigenvalue weighted by Crippen LogP contribution is -2.38. The molecule has 0 aliphatic carbocycles. The van der Waals surface area contributed by atoms with Gasteiger partial charge in [0.15, 0.2) is 5.17 Å². The van der Waals surface area contributed by atoms with Crippen LogP contribution in [-0.2, 0) is 20.9 Å². The number of fused-ring (bicyclic) bond motifs is 1. The molecule has 1 atom stereocenters. The summed E-state index contributed by atoms with van der Waals surface area (Å²) in [7, 11) is 0. The first-order chi connectivity index (χ1) is 16.4. The standard InChI is InChI=1S/C23H22N4O6S/c1-3-32-22(29)20-14(2)25-23-26(21(20)15-6-4-7-16(10-15)27(30)31)17(13-34-23)11-19(28)24-12-18-8-5-9-33-18/h4-10,13,21H,3,11-12H2,1-2H3,(H,24,28)/t21-/m0/s1. The van der Waals surface area contributed by atoms with E-state index in [1.54, 1.807) is 48.4 Å². The Morgan fingerprint density at radius 3 is 2.85 bits per heavy atom. The molecular weight excluding hydrogens is 460 g/mol. The lowest BCUT2D eigenvalue weighted by Gasteiger charge is -2.36. The fourth-order valence-electron chi connectivity index (χ4n) is 3.79. The Hall–Kier alpha value is -3.86. The van der Waals surface area contributed by atoms with Gasteiger partial charge >= 0.3 is 5.97 Å². The van der Waals surface area contributed by atoms with Crippen LogP contribution in [0.25, 0.3) is 0 Å². The second kappa shape index (κ2) is 9.96. The molecule has 4 rings (SSSR count). The van der Waals surface area contributed by atoms with Crippen LogP contribution in [0.3, 0.4) is 0 Å². The number of furan rings is 1. The van der Waals surface area contributed by atoms with Crippen LogP contribution >= 0.6 is 11.8 Å². The summed E-state index contributed by atoms with van der Waals surface area (Å²) in [4.78, 5) is 42.9. The van der Waals surface area contributed by atoms with E-state index in [2.05, 4.69) is 10.3 Å². The van der Waals surface area contributed by atoms with Crippen LogP contribution < -0.4 is 5.32 Å². The molecule has 1 aromatic carbocycles. The predicted octanol–water partition coefficient (Wildman–Crippen LogP) is 4.03. The number of non-ortho nitro benzene ring substituents is 1. The zero-order chi connectivity index (χ0) is 24.2. The summed E-state index contributed by atoms with van der Waals surface area (Å²) < 4.78 is 10.5. The third-order valence-electron chi connectivity index (χ3n) is 5.27. The molecule has 0 unspecified atom stereocenters. The number of esters is 1. The van der Waals surface area contributed by atoms with E-state index in [9.17, 15) is 19.7 Å². The lowest BCUT2D eigenvalue weighted by molar-refractivity contribution is -0.384. The molecular formula is C23H22N4O6S. The number of hydrogen-bond donors (Lipinski definition) is 1. The molecule has 0 saturated carbocycles. The Balaban J connectivity index is 1.67. The number of allylic oxidation sites excluding steroid dienone is 1. The van der Waals surface area contributed by atoms with E-state index in [0.29, 0.717) is 27.9 Å². The van der Waals surface area contributed by atoms with Crippen molar-refractivity contribution in [2.24, 2.45) is 4.99 Å². The van der Waals surface area contributed by atoms with E-state index in [1.807, 2.05) is 0 Å². The van der Waals surface area contributed by atoms with E-state index < -0.39 is 16.9 Å². The van der Waals surface area contributed by atoms with Crippen LogP contribution in [0, 0.1) is 10.1 Å². The molecule has 1 N–H and O–H groups in total. The number of thioether (sulfide) groups is 1. The van der Waals surface area contributed by atoms with Crippen molar-refractivity contribution in [1.82, 2.24) is 10.2 Å². The number of aliphatic imine (C=N–C) groups is 1. The van der Waals surface area contributed by atoms with Gasteiger partial charge in [-0.2, -0.15) is 0 Å². The van der Waals surface area contributed by atoms with E-state index >= 15 is 0 Å². The van der Waals surface area contributed by atoms with Crippen LogP contribution in [0.4, 0.5) is 5.69 Å². The number of amidine groups is 1. The summed E-state index contributed by atoms with van der Waals surface area (Å²) >= 11 is 1.33. The largest absolute Gasteiger partial charge is 0.467 e. The number of nitro groups is 1. The highest BCUT2D eigenvalue weighted by molar-refractivity contribution is 8.16. The van der Waals surface area contributed by atoms with Gasteiger partial charge < -0.3 is 19.4 Å². The quantitative estimate of drug-likeness (QED) is 0.339. The van der Waals surface area contributed by atoms with Crippen molar-refractivity contribution in [3.8, 4) is 0 Å². The maximum atomic E-state index is 12.9. The SMILES string of the molecule is CCOC(=O)C1=C(C)N=C2SC=C(CC(=O)NCc3ccco3)N2[C@H]1c1cccc([N+](=O)[O-])c1. The molecule has 2 aliphatic heterocycles. The van der Waals surface area contributed by atoms with E-state index in [0.717, 1.165) is 0 Å². The number of rotatable bonds is 8. The molecule has 0 spiro atoms. The van der Waals surface area contributed by atoms with E-state index in [4.69, 9.17) is 9.15 Å². The Labute approximate surface area is 199 Å². The number of carbonyl (C=O) groups is 2. The third-order valence-corrected chi connectivity index (χ3v) is 6.16. The Bertz CT molecular complexity index is 1220. The molecule has 2 aromatic rings. The first kappa shape index (κ1) is 23.3. The van der Waals surface area contributed by atoms with Gasteiger partial charge in [0.1, 0.15) is 5.76 Å². The minimum absolute atomic E-state index is 0.0211. The van der Waals surface area contributed by atoms with Crippen molar-refractivity contribution in [2.45, 2.75) is 32.9 Å². The Morgan fingerprint density at radius 1 is 1.32 bits per heavy atom. The molecule has 0 bridgehead atoms. The molecule has 34 heavy (non-hydrogen) atoms. The summed E-state index contributed by atoms with van der Waals surface area (Å²) in [5, 5.41) is 16.6. The topological polar surface area (TPSA) is 127 Å². The zero-order valence-corrected chi connectivity index (χ0v) is 19.3. The van der Waals surface area contributed by atoms with Crippen molar-refractivity contribution < 1.29 is 23.7 Å². The average Bonchev–Trinajstić information content (AvgIpc) is 3.47. The van der Waals surface area contributed by atoms with E-state index in [1.165, 1.54) is 30.2 Å². The summed E-state index contributed by atoms with van der Waals surface area (Å²) in [5.41, 5.74) is 1.78. The second-order valence-corrected chi connectivity index (χ2v) is 8.34. The molecule has 10 nitrogen and oxygen atoms in total. The Morgan fingerprint density at radius 2 is 2.15 bits per heavy atom. The molecule has 1 amide bonds.